The Bertz CT molecular complexity index is 937. The molecule has 2 aromatic rings. The highest BCUT2D eigenvalue weighted by Gasteiger charge is 2.29. The molecule has 0 fully saturated rings. The number of amides is 1. The molecule has 0 radical (unpaired) electrons. The standard InChI is InChI=1S/C20H20BrF3N2O3/c1-4-11(2)20(27)25(10-13-6-5-7-14(8-13)19(23)24)16-9-15(21)18(26(28)29)17(22)12(16)3/h5-9,11,19H,4,10H2,1-3H3/t11-/m0/s1. The van der Waals surface area contributed by atoms with Crippen molar-refractivity contribution >= 4 is 33.2 Å². The van der Waals surface area contributed by atoms with Gasteiger partial charge in [-0.3, -0.25) is 14.9 Å². The zero-order valence-electron chi connectivity index (χ0n) is 16.1. The molecule has 0 bridgehead atoms. The quantitative estimate of drug-likeness (QED) is 0.349. The Hall–Kier alpha value is -2.42. The molecule has 0 saturated heterocycles. The van der Waals surface area contributed by atoms with Gasteiger partial charge in [0.15, 0.2) is 0 Å². The van der Waals surface area contributed by atoms with Gasteiger partial charge in [-0.2, -0.15) is 4.39 Å². The minimum Gasteiger partial charge on any atom is -0.307 e. The lowest BCUT2D eigenvalue weighted by molar-refractivity contribution is -0.388. The predicted octanol–water partition coefficient (Wildman–Crippen LogP) is 6.32. The van der Waals surface area contributed by atoms with Gasteiger partial charge in [0.2, 0.25) is 11.7 Å². The van der Waals surface area contributed by atoms with Crippen LogP contribution in [0.15, 0.2) is 34.8 Å². The van der Waals surface area contributed by atoms with E-state index >= 15 is 0 Å². The number of halogens is 4. The van der Waals surface area contributed by atoms with Gasteiger partial charge in [-0.05, 0) is 47.0 Å². The molecule has 0 saturated carbocycles. The molecule has 0 spiro atoms. The number of alkyl halides is 2. The first-order chi connectivity index (χ1) is 13.6. The molecular formula is C20H20BrF3N2O3. The van der Waals surface area contributed by atoms with Crippen molar-refractivity contribution in [3.63, 3.8) is 0 Å². The molecule has 5 nitrogen and oxygen atoms in total. The fraction of sp³-hybridized carbons (Fsp3) is 0.350. The molecule has 2 aromatic carbocycles. The van der Waals surface area contributed by atoms with Gasteiger partial charge in [0, 0.05) is 17.0 Å². The maximum Gasteiger partial charge on any atom is 0.319 e. The summed E-state index contributed by atoms with van der Waals surface area (Å²) in [4.78, 5) is 24.6. The van der Waals surface area contributed by atoms with Crippen LogP contribution in [0.25, 0.3) is 0 Å². The van der Waals surface area contributed by atoms with Gasteiger partial charge in [0.1, 0.15) is 4.47 Å². The zero-order valence-corrected chi connectivity index (χ0v) is 17.7. The molecular weight excluding hydrogens is 453 g/mol. The third-order valence-corrected chi connectivity index (χ3v) is 5.33. The normalized spacial score (nSPS) is 12.1. The van der Waals surface area contributed by atoms with E-state index in [4.69, 9.17) is 0 Å². The fourth-order valence-corrected chi connectivity index (χ4v) is 3.41. The fourth-order valence-electron chi connectivity index (χ4n) is 2.87. The van der Waals surface area contributed by atoms with E-state index in [9.17, 15) is 28.1 Å². The highest BCUT2D eigenvalue weighted by atomic mass is 79.9. The first-order valence-corrected chi connectivity index (χ1v) is 9.69. The molecule has 0 aliphatic rings. The molecule has 0 aliphatic carbocycles. The second-order valence-corrected chi connectivity index (χ2v) is 7.56. The Morgan fingerprint density at radius 2 is 1.97 bits per heavy atom. The lowest BCUT2D eigenvalue weighted by atomic mass is 10.0. The van der Waals surface area contributed by atoms with Gasteiger partial charge in [-0.15, -0.1) is 0 Å². The van der Waals surface area contributed by atoms with Gasteiger partial charge in [0.25, 0.3) is 6.43 Å². The maximum absolute atomic E-state index is 14.7. The maximum atomic E-state index is 14.7. The van der Waals surface area contributed by atoms with Gasteiger partial charge in [-0.25, -0.2) is 8.78 Å². The highest BCUT2D eigenvalue weighted by molar-refractivity contribution is 9.10. The second kappa shape index (κ2) is 9.39. The van der Waals surface area contributed by atoms with E-state index in [0.717, 1.165) is 0 Å². The van der Waals surface area contributed by atoms with Crippen molar-refractivity contribution in [3.8, 4) is 0 Å². The van der Waals surface area contributed by atoms with Crippen LogP contribution in [-0.4, -0.2) is 10.8 Å². The topological polar surface area (TPSA) is 63.5 Å². The van der Waals surface area contributed by atoms with Crippen molar-refractivity contribution in [1.82, 2.24) is 0 Å². The minimum absolute atomic E-state index is 0.0680. The predicted molar refractivity (Wildman–Crippen MR) is 108 cm³/mol. The summed E-state index contributed by atoms with van der Waals surface area (Å²) in [5.74, 6) is -1.80. The highest BCUT2D eigenvalue weighted by Crippen LogP contribution is 2.37. The van der Waals surface area contributed by atoms with Crippen LogP contribution in [0.2, 0.25) is 0 Å². The van der Waals surface area contributed by atoms with Crippen molar-refractivity contribution < 1.29 is 22.9 Å². The van der Waals surface area contributed by atoms with Crippen molar-refractivity contribution in [2.45, 2.75) is 40.2 Å². The van der Waals surface area contributed by atoms with E-state index in [0.29, 0.717) is 12.0 Å². The number of hydrogen-bond donors (Lipinski definition) is 0. The number of carbonyl (C=O) groups is 1. The summed E-state index contributed by atoms with van der Waals surface area (Å²) < 4.78 is 40.7. The van der Waals surface area contributed by atoms with Gasteiger partial charge < -0.3 is 4.90 Å². The lowest BCUT2D eigenvalue weighted by Crippen LogP contribution is -2.35. The Kier molecular flexibility index (Phi) is 7.40. The molecule has 29 heavy (non-hydrogen) atoms. The monoisotopic (exact) mass is 472 g/mol. The molecule has 0 aliphatic heterocycles. The van der Waals surface area contributed by atoms with Crippen LogP contribution in [0.1, 0.15) is 43.4 Å². The number of nitro groups is 1. The number of nitrogens with zero attached hydrogens (tertiary/aromatic N) is 2. The first-order valence-electron chi connectivity index (χ1n) is 8.89. The minimum atomic E-state index is -2.67. The lowest BCUT2D eigenvalue weighted by Gasteiger charge is -2.28. The van der Waals surface area contributed by atoms with Crippen LogP contribution in [0.4, 0.5) is 24.5 Å². The summed E-state index contributed by atoms with van der Waals surface area (Å²) in [6.07, 6.45) is -2.15. The molecule has 9 heteroatoms. The summed E-state index contributed by atoms with van der Waals surface area (Å²) in [5.41, 5.74) is -0.392. The van der Waals surface area contributed by atoms with Crippen LogP contribution >= 0.6 is 15.9 Å². The summed E-state index contributed by atoms with van der Waals surface area (Å²) in [5, 5.41) is 11.1. The molecule has 156 valence electrons. The van der Waals surface area contributed by atoms with Crippen LogP contribution < -0.4 is 4.90 Å². The smallest absolute Gasteiger partial charge is 0.307 e. The van der Waals surface area contributed by atoms with E-state index in [1.165, 1.54) is 36.1 Å². The van der Waals surface area contributed by atoms with Crippen molar-refractivity contribution in [2.75, 3.05) is 4.90 Å². The summed E-state index contributed by atoms with van der Waals surface area (Å²) >= 11 is 3.00. The molecule has 0 aromatic heterocycles. The second-order valence-electron chi connectivity index (χ2n) is 6.70. The molecule has 1 atom stereocenters. The van der Waals surface area contributed by atoms with Crippen LogP contribution in [-0.2, 0) is 11.3 Å². The van der Waals surface area contributed by atoms with E-state index < -0.39 is 28.8 Å². The molecule has 0 unspecified atom stereocenters. The van der Waals surface area contributed by atoms with Crippen molar-refractivity contribution in [1.29, 1.82) is 0 Å². The number of anilines is 1. The largest absolute Gasteiger partial charge is 0.319 e. The number of benzene rings is 2. The van der Waals surface area contributed by atoms with Crippen LogP contribution in [0.3, 0.4) is 0 Å². The molecule has 0 heterocycles. The zero-order chi connectivity index (χ0) is 21.9. The van der Waals surface area contributed by atoms with E-state index in [1.807, 2.05) is 6.92 Å². The van der Waals surface area contributed by atoms with Crippen molar-refractivity contribution in [2.24, 2.45) is 5.92 Å². The average Bonchev–Trinajstić information content (AvgIpc) is 2.67. The third-order valence-electron chi connectivity index (χ3n) is 4.73. The summed E-state index contributed by atoms with van der Waals surface area (Å²) in [7, 11) is 0. The Morgan fingerprint density at radius 3 is 2.52 bits per heavy atom. The Morgan fingerprint density at radius 1 is 1.31 bits per heavy atom. The van der Waals surface area contributed by atoms with E-state index in [-0.39, 0.29) is 33.7 Å². The molecule has 0 N–H and O–H groups in total. The summed E-state index contributed by atoms with van der Waals surface area (Å²) in [6, 6.07) is 6.93. The van der Waals surface area contributed by atoms with Crippen LogP contribution in [0, 0.1) is 28.8 Å². The van der Waals surface area contributed by atoms with Crippen LogP contribution in [0.5, 0.6) is 0 Å². The number of rotatable bonds is 7. The summed E-state index contributed by atoms with van der Waals surface area (Å²) in [6.45, 7) is 4.79. The molecule has 2 rings (SSSR count). The van der Waals surface area contributed by atoms with Gasteiger partial charge in [0.05, 0.1) is 17.2 Å². The van der Waals surface area contributed by atoms with Gasteiger partial charge in [-0.1, -0.05) is 32.0 Å². The SMILES string of the molecule is CC[C@H](C)C(=O)N(Cc1cccc(C(F)F)c1)c1cc(Br)c([N+](=O)[O-])c(F)c1C. The third kappa shape index (κ3) is 4.95. The Labute approximate surface area is 174 Å². The van der Waals surface area contributed by atoms with Crippen molar-refractivity contribution in [3.05, 3.63) is 67.4 Å². The number of nitro benzene ring substituents is 1. The van der Waals surface area contributed by atoms with E-state index in [1.54, 1.807) is 13.0 Å². The average molecular weight is 473 g/mol. The first kappa shape index (κ1) is 22.9. The van der Waals surface area contributed by atoms with Gasteiger partial charge >= 0.3 is 5.69 Å². The number of carbonyl (C=O) groups excluding carboxylic acids is 1. The molecule has 1 amide bonds. The van der Waals surface area contributed by atoms with E-state index in [2.05, 4.69) is 15.9 Å². The Balaban J connectivity index is 2.59. The number of hydrogen-bond acceptors (Lipinski definition) is 3.